The predicted octanol–water partition coefficient (Wildman–Crippen LogP) is 7.68. The van der Waals surface area contributed by atoms with Gasteiger partial charge in [0.15, 0.2) is 0 Å². The lowest BCUT2D eigenvalue weighted by Crippen LogP contribution is -2.52. The van der Waals surface area contributed by atoms with Crippen LogP contribution in [0.4, 0.5) is 0 Å². The van der Waals surface area contributed by atoms with Gasteiger partial charge in [-0.1, -0.05) is 114 Å². The summed E-state index contributed by atoms with van der Waals surface area (Å²) in [5.74, 6) is -0.410. The lowest BCUT2D eigenvalue weighted by molar-refractivity contribution is -0.463. The molecule has 4 aromatic rings. The molecule has 0 aliphatic carbocycles. The van der Waals surface area contributed by atoms with Gasteiger partial charge in [-0.05, 0) is 56.5 Å². The van der Waals surface area contributed by atoms with Crippen LogP contribution in [0.3, 0.4) is 0 Å². The maximum atomic E-state index is 12.8. The Kier molecular flexibility index (Phi) is 10.4. The van der Waals surface area contributed by atoms with E-state index in [0.717, 1.165) is 16.7 Å². The first-order valence-electron chi connectivity index (χ1n) is 13.9. The van der Waals surface area contributed by atoms with Crippen LogP contribution in [0.2, 0.25) is 0 Å². The molecule has 0 amide bonds. The quantitative estimate of drug-likeness (QED) is 0.118. The fourth-order valence-corrected chi connectivity index (χ4v) is 4.24. The number of carbonyl (C=O) groups is 1. The van der Waals surface area contributed by atoms with E-state index in [-0.39, 0.29) is 19.3 Å². The summed E-state index contributed by atoms with van der Waals surface area (Å²) in [7, 11) is 0. The van der Waals surface area contributed by atoms with E-state index in [2.05, 4.69) is 0 Å². The second-order valence-corrected chi connectivity index (χ2v) is 10.8. The number of rotatable bonds is 14. The van der Waals surface area contributed by atoms with Crippen LogP contribution in [0.5, 0.6) is 0 Å². The summed E-state index contributed by atoms with van der Waals surface area (Å²) in [4.78, 5) is 26.0. The highest BCUT2D eigenvalue weighted by Crippen LogP contribution is 2.33. The summed E-state index contributed by atoms with van der Waals surface area (Å²) in [6, 6.07) is 38.8. The normalized spacial score (nSPS) is 13.9. The van der Waals surface area contributed by atoms with Crippen LogP contribution in [0, 0.1) is 0 Å². The zero-order chi connectivity index (χ0) is 29.1. The predicted molar refractivity (Wildman–Crippen MR) is 160 cm³/mol. The number of hydrogen-bond donors (Lipinski definition) is 0. The van der Waals surface area contributed by atoms with Crippen molar-refractivity contribution in [2.45, 2.75) is 51.5 Å². The molecule has 0 saturated carbocycles. The Morgan fingerprint density at radius 2 is 1.27 bits per heavy atom. The Morgan fingerprint density at radius 1 is 0.732 bits per heavy atom. The second kappa shape index (κ2) is 14.2. The number of hydrogen-bond acceptors (Lipinski definition) is 6. The van der Waals surface area contributed by atoms with E-state index < -0.39 is 17.1 Å². The molecule has 0 heterocycles. The average Bonchev–Trinajstić information content (AvgIpc) is 3.01. The SMILES string of the molecule is CC(ON(OC(C)(COCc1ccccc1)c1ccccc1)C(C)(C)COC(=O)c1ccccc1)c1ccccc1. The highest BCUT2D eigenvalue weighted by molar-refractivity contribution is 5.89. The van der Waals surface area contributed by atoms with Gasteiger partial charge in [0.25, 0.3) is 0 Å². The van der Waals surface area contributed by atoms with Gasteiger partial charge in [-0.3, -0.25) is 9.68 Å². The Labute approximate surface area is 243 Å². The van der Waals surface area contributed by atoms with Crippen molar-refractivity contribution in [2.24, 2.45) is 0 Å². The van der Waals surface area contributed by atoms with Crippen molar-refractivity contribution in [2.75, 3.05) is 13.2 Å². The van der Waals surface area contributed by atoms with Gasteiger partial charge in [-0.15, -0.1) is 0 Å². The molecule has 4 rings (SSSR count). The molecule has 0 N–H and O–H groups in total. The molecule has 0 aromatic heterocycles. The van der Waals surface area contributed by atoms with Gasteiger partial charge in [0.05, 0.1) is 18.8 Å². The standard InChI is InChI=1S/C35H39NO5/c1-28(30-19-11-6-12-20-30)40-36(34(2,3)26-39-33(37)31-21-13-7-14-22-31)41-35(4,32-23-15-8-16-24-32)27-38-25-29-17-9-5-10-18-29/h5-24,28H,25-27H2,1-4H3. The van der Waals surface area contributed by atoms with Crippen molar-refractivity contribution in [3.63, 3.8) is 0 Å². The van der Waals surface area contributed by atoms with Gasteiger partial charge in [0.2, 0.25) is 0 Å². The first kappa shape index (κ1) is 30.2. The summed E-state index contributed by atoms with van der Waals surface area (Å²) >= 11 is 0. The number of ether oxygens (including phenoxy) is 2. The lowest BCUT2D eigenvalue weighted by Gasteiger charge is -2.42. The van der Waals surface area contributed by atoms with Crippen molar-refractivity contribution in [1.82, 2.24) is 5.23 Å². The average molecular weight is 554 g/mol. The van der Waals surface area contributed by atoms with Crippen LogP contribution in [-0.2, 0) is 31.4 Å². The molecule has 2 atom stereocenters. The van der Waals surface area contributed by atoms with Crippen LogP contribution in [0.1, 0.15) is 60.8 Å². The topological polar surface area (TPSA) is 57.2 Å². The van der Waals surface area contributed by atoms with Crippen molar-refractivity contribution < 1.29 is 23.9 Å². The van der Waals surface area contributed by atoms with Gasteiger partial charge < -0.3 is 9.47 Å². The first-order valence-corrected chi connectivity index (χ1v) is 13.9. The molecule has 0 radical (unpaired) electrons. The van der Waals surface area contributed by atoms with Crippen molar-refractivity contribution in [1.29, 1.82) is 0 Å². The zero-order valence-electron chi connectivity index (χ0n) is 24.2. The van der Waals surface area contributed by atoms with Crippen LogP contribution >= 0.6 is 0 Å². The fraction of sp³-hybridized carbons (Fsp3) is 0.286. The molecule has 6 nitrogen and oxygen atoms in total. The zero-order valence-corrected chi connectivity index (χ0v) is 24.2. The smallest absolute Gasteiger partial charge is 0.338 e. The molecule has 41 heavy (non-hydrogen) atoms. The minimum absolute atomic E-state index is 0.0258. The van der Waals surface area contributed by atoms with Crippen molar-refractivity contribution in [3.8, 4) is 0 Å². The third-order valence-corrected chi connectivity index (χ3v) is 6.74. The molecule has 0 fully saturated rings. The Balaban J connectivity index is 1.58. The van der Waals surface area contributed by atoms with E-state index in [9.17, 15) is 4.79 Å². The maximum Gasteiger partial charge on any atom is 0.338 e. The molecule has 4 aromatic carbocycles. The second-order valence-electron chi connectivity index (χ2n) is 10.8. The van der Waals surface area contributed by atoms with E-state index in [1.54, 1.807) is 12.1 Å². The minimum Gasteiger partial charge on any atom is -0.460 e. The van der Waals surface area contributed by atoms with Crippen molar-refractivity contribution in [3.05, 3.63) is 144 Å². The van der Waals surface area contributed by atoms with E-state index in [4.69, 9.17) is 19.1 Å². The molecule has 214 valence electrons. The number of carbonyl (C=O) groups excluding carboxylic acids is 1. The van der Waals surface area contributed by atoms with Gasteiger partial charge >= 0.3 is 5.97 Å². The molecule has 0 aliphatic rings. The molecule has 0 saturated heterocycles. The minimum atomic E-state index is -0.923. The van der Waals surface area contributed by atoms with E-state index in [0.29, 0.717) is 12.2 Å². The van der Waals surface area contributed by atoms with E-state index in [1.807, 2.05) is 137 Å². The van der Waals surface area contributed by atoms with Crippen molar-refractivity contribution >= 4 is 5.97 Å². The molecule has 2 unspecified atom stereocenters. The largest absolute Gasteiger partial charge is 0.460 e. The molecular weight excluding hydrogens is 514 g/mol. The lowest BCUT2D eigenvalue weighted by atomic mass is 9.97. The first-order chi connectivity index (χ1) is 19.8. The van der Waals surface area contributed by atoms with E-state index in [1.165, 1.54) is 5.23 Å². The molecule has 0 aliphatic heterocycles. The third-order valence-electron chi connectivity index (χ3n) is 6.74. The molecule has 0 spiro atoms. The van der Waals surface area contributed by atoms with Gasteiger partial charge in [-0.2, -0.15) is 0 Å². The molecular formula is C35H39NO5. The number of benzene rings is 4. The number of nitrogens with zero attached hydrogens (tertiary/aromatic N) is 1. The van der Waals surface area contributed by atoms with E-state index >= 15 is 0 Å². The summed E-state index contributed by atoms with van der Waals surface area (Å²) in [6.07, 6.45) is -0.342. The summed E-state index contributed by atoms with van der Waals surface area (Å²) < 4.78 is 12.0. The molecule has 0 bridgehead atoms. The van der Waals surface area contributed by atoms with Gasteiger partial charge in [-0.25, -0.2) is 4.79 Å². The highest BCUT2D eigenvalue weighted by Gasteiger charge is 2.40. The highest BCUT2D eigenvalue weighted by atomic mass is 17.0. The van der Waals surface area contributed by atoms with Crippen LogP contribution in [0.25, 0.3) is 0 Å². The van der Waals surface area contributed by atoms with Gasteiger partial charge in [0.1, 0.15) is 23.9 Å². The Bertz CT molecular complexity index is 1330. The summed E-state index contributed by atoms with van der Waals surface area (Å²) in [6.45, 7) is 8.49. The summed E-state index contributed by atoms with van der Waals surface area (Å²) in [5, 5.41) is 1.47. The van der Waals surface area contributed by atoms with Gasteiger partial charge in [0, 0.05) is 0 Å². The monoisotopic (exact) mass is 553 g/mol. The fourth-order valence-electron chi connectivity index (χ4n) is 4.24. The van der Waals surface area contributed by atoms with Crippen LogP contribution < -0.4 is 0 Å². The number of hydroxylamine groups is 2. The molecule has 6 heteroatoms. The third kappa shape index (κ3) is 8.59. The summed E-state index contributed by atoms with van der Waals surface area (Å²) in [5.41, 5.74) is 1.67. The Morgan fingerprint density at radius 3 is 1.88 bits per heavy atom. The Hall–Kier alpha value is -3.81. The number of esters is 1. The van der Waals surface area contributed by atoms with Crippen LogP contribution in [-0.4, -0.2) is 29.9 Å². The maximum absolute atomic E-state index is 12.8. The van der Waals surface area contributed by atoms with Crippen LogP contribution in [0.15, 0.2) is 121 Å².